The number of carbonyl (C=O) groups is 4. The van der Waals surface area contributed by atoms with Gasteiger partial charge in [-0.3, -0.25) is 19.2 Å². The van der Waals surface area contributed by atoms with Gasteiger partial charge >= 0.3 is 23.9 Å². The van der Waals surface area contributed by atoms with E-state index in [0.717, 1.165) is 35.5 Å². The van der Waals surface area contributed by atoms with E-state index in [2.05, 4.69) is 0 Å². The number of hydrogen-bond acceptors (Lipinski definition) is 11. The zero-order valence-corrected chi connectivity index (χ0v) is 27.2. The van der Waals surface area contributed by atoms with Crippen LogP contribution in [0.4, 0.5) is 0 Å². The number of rotatable bonds is 14. The van der Waals surface area contributed by atoms with Gasteiger partial charge in [-0.15, -0.1) is 0 Å². The highest BCUT2D eigenvalue weighted by molar-refractivity contribution is 7.99. The highest BCUT2D eigenvalue weighted by Crippen LogP contribution is 2.36. The van der Waals surface area contributed by atoms with E-state index in [0.29, 0.717) is 49.1 Å². The summed E-state index contributed by atoms with van der Waals surface area (Å²) in [6.45, 7) is 7.34. The van der Waals surface area contributed by atoms with E-state index in [9.17, 15) is 19.2 Å². The van der Waals surface area contributed by atoms with E-state index in [1.54, 1.807) is 12.1 Å². The molecule has 0 N–H and O–H groups in total. The van der Waals surface area contributed by atoms with Crippen LogP contribution in [0.2, 0.25) is 0 Å². The Morgan fingerprint density at radius 2 is 1.13 bits per heavy atom. The van der Waals surface area contributed by atoms with Crippen LogP contribution in [0.3, 0.4) is 0 Å². The van der Waals surface area contributed by atoms with Crippen molar-refractivity contribution in [2.75, 3.05) is 24.7 Å². The van der Waals surface area contributed by atoms with E-state index in [-0.39, 0.29) is 60.8 Å². The van der Waals surface area contributed by atoms with Crippen LogP contribution in [-0.2, 0) is 41.5 Å². The summed E-state index contributed by atoms with van der Waals surface area (Å²) in [6.07, 6.45) is 3.31. The normalized spacial score (nSPS) is 20.0. The van der Waals surface area contributed by atoms with Gasteiger partial charge in [0, 0.05) is 37.2 Å². The van der Waals surface area contributed by atoms with Crippen molar-refractivity contribution in [3.8, 4) is 23.0 Å². The maximum Gasteiger partial charge on any atom is 0.308 e. The predicted octanol–water partition coefficient (Wildman–Crippen LogP) is 5.50. The molecule has 2 aromatic rings. The van der Waals surface area contributed by atoms with Crippen molar-refractivity contribution in [3.05, 3.63) is 47.5 Å². The second-order valence-electron chi connectivity index (χ2n) is 11.4. The third-order valence-electron chi connectivity index (χ3n) is 7.91. The van der Waals surface area contributed by atoms with Gasteiger partial charge in [-0.05, 0) is 87.1 Å². The lowest BCUT2D eigenvalue weighted by molar-refractivity contribution is -0.144. The lowest BCUT2D eigenvalue weighted by Crippen LogP contribution is -2.31. The lowest BCUT2D eigenvalue weighted by Gasteiger charge is -2.31. The molecule has 0 fully saturated rings. The molecule has 11 heteroatoms. The second-order valence-corrected chi connectivity index (χ2v) is 12.7. The first-order chi connectivity index (χ1) is 21.6. The maximum absolute atomic E-state index is 12.2. The Morgan fingerprint density at radius 1 is 0.711 bits per heavy atom. The van der Waals surface area contributed by atoms with Gasteiger partial charge in [-0.25, -0.2) is 0 Å². The van der Waals surface area contributed by atoms with Gasteiger partial charge in [0.25, 0.3) is 0 Å². The van der Waals surface area contributed by atoms with E-state index < -0.39 is 0 Å². The number of benzene rings is 2. The highest BCUT2D eigenvalue weighted by Gasteiger charge is 2.28. The molecular formula is C34H42O10S. The average molecular weight is 643 g/mol. The first-order valence-electron chi connectivity index (χ1n) is 15.4. The molecule has 0 saturated heterocycles. The SMILES string of the molecule is CC(=O)Oc1ccc2c(c1)CC(CCOC(=O)CCSCCC(=O)OCCC1Cc3cc(OC(C)=O)ccc3OC1C)C(C)O2. The molecule has 4 rings (SSSR count). The summed E-state index contributed by atoms with van der Waals surface area (Å²) in [5.41, 5.74) is 1.94. The minimum Gasteiger partial charge on any atom is -0.490 e. The number of esters is 4. The smallest absolute Gasteiger partial charge is 0.308 e. The molecule has 0 saturated carbocycles. The van der Waals surface area contributed by atoms with Crippen LogP contribution in [0, 0.1) is 11.8 Å². The van der Waals surface area contributed by atoms with Crippen LogP contribution in [0.15, 0.2) is 36.4 Å². The van der Waals surface area contributed by atoms with Gasteiger partial charge in [0.15, 0.2) is 0 Å². The molecule has 244 valence electrons. The van der Waals surface area contributed by atoms with E-state index in [4.69, 9.17) is 28.4 Å². The molecule has 0 amide bonds. The second kappa shape index (κ2) is 16.5. The summed E-state index contributed by atoms with van der Waals surface area (Å²) in [7, 11) is 0. The van der Waals surface area contributed by atoms with Crippen LogP contribution < -0.4 is 18.9 Å². The van der Waals surface area contributed by atoms with Gasteiger partial charge in [0.2, 0.25) is 0 Å². The molecule has 0 aromatic heterocycles. The topological polar surface area (TPSA) is 124 Å². The summed E-state index contributed by atoms with van der Waals surface area (Å²) in [4.78, 5) is 47.0. The lowest BCUT2D eigenvalue weighted by atomic mass is 9.89. The van der Waals surface area contributed by atoms with Crippen LogP contribution >= 0.6 is 11.8 Å². The molecular weight excluding hydrogens is 600 g/mol. The molecule has 10 nitrogen and oxygen atoms in total. The molecule has 4 atom stereocenters. The third kappa shape index (κ3) is 10.7. The summed E-state index contributed by atoms with van der Waals surface area (Å²) in [5.74, 6) is 2.73. The summed E-state index contributed by atoms with van der Waals surface area (Å²) < 4.78 is 33.3. The molecule has 0 bridgehead atoms. The van der Waals surface area contributed by atoms with Crippen LogP contribution in [0.5, 0.6) is 23.0 Å². The molecule has 0 aliphatic carbocycles. The first-order valence-corrected chi connectivity index (χ1v) is 16.6. The largest absolute Gasteiger partial charge is 0.490 e. The zero-order chi connectivity index (χ0) is 32.3. The minimum absolute atomic E-state index is 0.0240. The zero-order valence-electron chi connectivity index (χ0n) is 26.3. The van der Waals surface area contributed by atoms with Gasteiger partial charge in [0.05, 0.1) is 38.3 Å². The average Bonchev–Trinajstić information content (AvgIpc) is 2.97. The maximum atomic E-state index is 12.2. The van der Waals surface area contributed by atoms with Crippen molar-refractivity contribution in [1.29, 1.82) is 0 Å². The van der Waals surface area contributed by atoms with Crippen molar-refractivity contribution >= 4 is 35.6 Å². The van der Waals surface area contributed by atoms with Crippen molar-refractivity contribution < 1.29 is 47.6 Å². The Kier molecular flexibility index (Phi) is 12.6. The van der Waals surface area contributed by atoms with Gasteiger partial charge in [0.1, 0.15) is 23.0 Å². The quantitative estimate of drug-likeness (QED) is 0.148. The number of fused-ring (bicyclic) bond motifs is 2. The molecule has 45 heavy (non-hydrogen) atoms. The van der Waals surface area contributed by atoms with Crippen molar-refractivity contribution in [2.24, 2.45) is 11.8 Å². The Labute approximate surface area is 268 Å². The fourth-order valence-corrected chi connectivity index (χ4v) is 6.31. The minimum atomic E-state index is -0.371. The first kappa shape index (κ1) is 34.1. The van der Waals surface area contributed by atoms with Crippen LogP contribution in [-0.4, -0.2) is 60.8 Å². The summed E-state index contributed by atoms with van der Waals surface area (Å²) in [6, 6.07) is 10.7. The number of ether oxygens (including phenoxy) is 6. The van der Waals surface area contributed by atoms with Crippen LogP contribution in [0.25, 0.3) is 0 Å². The number of thioether (sulfide) groups is 1. The van der Waals surface area contributed by atoms with E-state index >= 15 is 0 Å². The predicted molar refractivity (Wildman–Crippen MR) is 168 cm³/mol. The Hall–Kier alpha value is -3.73. The Morgan fingerprint density at radius 3 is 1.53 bits per heavy atom. The van der Waals surface area contributed by atoms with Gasteiger partial charge < -0.3 is 28.4 Å². The Bertz CT molecular complexity index is 1260. The molecule has 2 heterocycles. The highest BCUT2D eigenvalue weighted by atomic mass is 32.2. The molecule has 2 aliphatic rings. The monoisotopic (exact) mass is 642 g/mol. The van der Waals surface area contributed by atoms with Crippen molar-refractivity contribution in [3.63, 3.8) is 0 Å². The molecule has 4 unspecified atom stereocenters. The van der Waals surface area contributed by atoms with E-state index in [1.807, 2.05) is 38.1 Å². The third-order valence-corrected chi connectivity index (χ3v) is 8.89. The molecule has 0 radical (unpaired) electrons. The standard InChI is InChI=1S/C34H42O10S/c1-21-25(17-27-19-29(43-23(3)35)5-7-31(27)41-21)9-13-39-33(37)11-15-45-16-12-34(38)40-14-10-26-18-28-20-30(44-24(4)36)6-8-32(28)42-22(26)2/h5-8,19-22,25-26H,9-18H2,1-4H3. The summed E-state index contributed by atoms with van der Waals surface area (Å²) >= 11 is 1.52. The Balaban J connectivity index is 1.05. The van der Waals surface area contributed by atoms with Crippen molar-refractivity contribution in [2.45, 2.75) is 78.4 Å². The number of hydrogen-bond donors (Lipinski definition) is 0. The van der Waals surface area contributed by atoms with Crippen molar-refractivity contribution in [1.82, 2.24) is 0 Å². The van der Waals surface area contributed by atoms with E-state index in [1.165, 1.54) is 25.6 Å². The fourth-order valence-electron chi connectivity index (χ4n) is 5.49. The molecule has 0 spiro atoms. The number of carbonyl (C=O) groups excluding carboxylic acids is 4. The van der Waals surface area contributed by atoms with Crippen LogP contribution in [0.1, 0.15) is 64.5 Å². The van der Waals surface area contributed by atoms with Gasteiger partial charge in [-0.1, -0.05) is 0 Å². The molecule has 2 aromatic carbocycles. The fraction of sp³-hybridized carbons (Fsp3) is 0.529. The molecule has 2 aliphatic heterocycles. The summed E-state index contributed by atoms with van der Waals surface area (Å²) in [5, 5.41) is 0. The van der Waals surface area contributed by atoms with Gasteiger partial charge in [-0.2, -0.15) is 11.8 Å².